The molecule has 0 unspecified atom stereocenters. The van der Waals surface area contributed by atoms with Crippen LogP contribution in [0, 0.1) is 0 Å². The average Bonchev–Trinajstić information content (AvgIpc) is 2.51. The molecule has 2 N–H and O–H groups in total. The first kappa shape index (κ1) is 11.5. The average molecular weight is 220 g/mol. The van der Waals surface area contributed by atoms with E-state index in [4.69, 9.17) is 5.73 Å². The third-order valence-corrected chi connectivity index (χ3v) is 3.18. The van der Waals surface area contributed by atoms with Crippen molar-refractivity contribution >= 4 is 0 Å². The Morgan fingerprint density at radius 1 is 1.38 bits per heavy atom. The van der Waals surface area contributed by atoms with Gasteiger partial charge in [-0.1, -0.05) is 6.92 Å². The molecular formula is C12H20N4. The van der Waals surface area contributed by atoms with Crippen LogP contribution < -0.4 is 5.73 Å². The maximum Gasteiger partial charge on any atom is 0.129 e. The zero-order chi connectivity index (χ0) is 11.4. The van der Waals surface area contributed by atoms with Gasteiger partial charge in [0, 0.05) is 37.8 Å². The Kier molecular flexibility index (Phi) is 3.85. The van der Waals surface area contributed by atoms with E-state index in [-0.39, 0.29) is 0 Å². The van der Waals surface area contributed by atoms with E-state index < -0.39 is 0 Å². The third kappa shape index (κ3) is 2.57. The fourth-order valence-corrected chi connectivity index (χ4v) is 2.13. The number of likely N-dealkylation sites (N-methyl/N-ethyl adjacent to an activating group) is 1. The molecule has 1 aromatic heterocycles. The number of aromatic nitrogens is 2. The van der Waals surface area contributed by atoms with Gasteiger partial charge in [0.05, 0.1) is 0 Å². The van der Waals surface area contributed by atoms with E-state index in [2.05, 4.69) is 21.8 Å². The predicted octanol–water partition coefficient (Wildman–Crippen LogP) is 0.398. The van der Waals surface area contributed by atoms with E-state index in [9.17, 15) is 0 Å². The van der Waals surface area contributed by atoms with Crippen LogP contribution in [-0.4, -0.2) is 41.0 Å². The second-order valence-corrected chi connectivity index (χ2v) is 4.23. The minimum absolute atomic E-state index is 0.625. The molecule has 0 fully saturated rings. The first-order valence-electron chi connectivity index (χ1n) is 6.09. The van der Waals surface area contributed by atoms with Crippen LogP contribution in [0.3, 0.4) is 0 Å². The summed E-state index contributed by atoms with van der Waals surface area (Å²) in [5, 5.41) is 0. The van der Waals surface area contributed by atoms with Gasteiger partial charge in [-0.05, 0) is 25.1 Å². The summed E-state index contributed by atoms with van der Waals surface area (Å²) in [7, 11) is 0. The Morgan fingerprint density at radius 3 is 2.94 bits per heavy atom. The zero-order valence-corrected chi connectivity index (χ0v) is 9.95. The minimum atomic E-state index is 0.625. The molecule has 16 heavy (non-hydrogen) atoms. The molecule has 2 heterocycles. The molecule has 0 bridgehead atoms. The van der Waals surface area contributed by atoms with Gasteiger partial charge in [-0.25, -0.2) is 9.97 Å². The standard InChI is InChI=1S/C12H20N4/c1-2-16-7-4-10-9-14-12(3-6-13)15-11(10)5-8-16/h9H,2-8,13H2,1H3. The highest BCUT2D eigenvalue weighted by atomic mass is 15.1. The molecular weight excluding hydrogens is 200 g/mol. The van der Waals surface area contributed by atoms with Crippen molar-refractivity contribution in [2.75, 3.05) is 26.2 Å². The monoisotopic (exact) mass is 220 g/mol. The fraction of sp³-hybridized carbons (Fsp3) is 0.667. The van der Waals surface area contributed by atoms with Crippen molar-refractivity contribution in [3.63, 3.8) is 0 Å². The van der Waals surface area contributed by atoms with Crippen LogP contribution in [0.5, 0.6) is 0 Å². The molecule has 1 aromatic rings. The van der Waals surface area contributed by atoms with Crippen molar-refractivity contribution in [1.29, 1.82) is 0 Å². The summed E-state index contributed by atoms with van der Waals surface area (Å²) in [6.07, 6.45) is 4.90. The summed E-state index contributed by atoms with van der Waals surface area (Å²) in [5.74, 6) is 0.895. The quantitative estimate of drug-likeness (QED) is 0.801. The number of hydrogen-bond acceptors (Lipinski definition) is 4. The minimum Gasteiger partial charge on any atom is -0.330 e. The first-order valence-corrected chi connectivity index (χ1v) is 6.09. The lowest BCUT2D eigenvalue weighted by atomic mass is 10.1. The summed E-state index contributed by atoms with van der Waals surface area (Å²) in [4.78, 5) is 11.4. The largest absolute Gasteiger partial charge is 0.330 e. The highest BCUT2D eigenvalue weighted by Gasteiger charge is 2.14. The van der Waals surface area contributed by atoms with Crippen molar-refractivity contribution in [3.05, 3.63) is 23.3 Å². The van der Waals surface area contributed by atoms with Crippen molar-refractivity contribution in [1.82, 2.24) is 14.9 Å². The lowest BCUT2D eigenvalue weighted by molar-refractivity contribution is 0.303. The maximum atomic E-state index is 5.52. The van der Waals surface area contributed by atoms with Gasteiger partial charge in [0.15, 0.2) is 0 Å². The van der Waals surface area contributed by atoms with Crippen molar-refractivity contribution in [2.24, 2.45) is 5.73 Å². The molecule has 0 aromatic carbocycles. The Labute approximate surface area is 96.9 Å². The molecule has 0 saturated heterocycles. The number of fused-ring (bicyclic) bond motifs is 1. The van der Waals surface area contributed by atoms with Crippen molar-refractivity contribution in [2.45, 2.75) is 26.2 Å². The predicted molar refractivity (Wildman–Crippen MR) is 64.3 cm³/mol. The molecule has 0 saturated carbocycles. The van der Waals surface area contributed by atoms with E-state index in [0.717, 1.165) is 44.7 Å². The summed E-state index contributed by atoms with van der Waals surface area (Å²) >= 11 is 0. The van der Waals surface area contributed by atoms with Gasteiger partial charge in [0.1, 0.15) is 5.82 Å². The van der Waals surface area contributed by atoms with E-state index >= 15 is 0 Å². The van der Waals surface area contributed by atoms with E-state index in [0.29, 0.717) is 6.54 Å². The molecule has 2 rings (SSSR count). The first-order chi connectivity index (χ1) is 7.83. The van der Waals surface area contributed by atoms with Gasteiger partial charge in [0.25, 0.3) is 0 Å². The van der Waals surface area contributed by atoms with Crippen LogP contribution in [0.4, 0.5) is 0 Å². The van der Waals surface area contributed by atoms with Gasteiger partial charge < -0.3 is 10.6 Å². The van der Waals surface area contributed by atoms with Crippen molar-refractivity contribution < 1.29 is 0 Å². The van der Waals surface area contributed by atoms with Gasteiger partial charge in [-0.2, -0.15) is 0 Å². The molecule has 1 aliphatic rings. The normalized spacial score (nSPS) is 16.9. The highest BCUT2D eigenvalue weighted by molar-refractivity contribution is 5.20. The molecule has 0 atom stereocenters. The Morgan fingerprint density at radius 2 is 2.19 bits per heavy atom. The zero-order valence-electron chi connectivity index (χ0n) is 9.95. The Balaban J connectivity index is 2.15. The molecule has 1 aliphatic heterocycles. The molecule has 4 nitrogen and oxygen atoms in total. The number of nitrogens with zero attached hydrogens (tertiary/aromatic N) is 3. The van der Waals surface area contributed by atoms with Crippen molar-refractivity contribution in [3.8, 4) is 0 Å². The molecule has 0 radical (unpaired) electrons. The summed E-state index contributed by atoms with van der Waals surface area (Å²) in [5.41, 5.74) is 8.07. The number of rotatable bonds is 3. The van der Waals surface area contributed by atoms with Crippen LogP contribution >= 0.6 is 0 Å². The van der Waals surface area contributed by atoms with Crippen LogP contribution in [-0.2, 0) is 19.3 Å². The molecule has 0 spiro atoms. The smallest absolute Gasteiger partial charge is 0.129 e. The van der Waals surface area contributed by atoms with E-state index in [1.807, 2.05) is 6.20 Å². The molecule has 0 aliphatic carbocycles. The lowest BCUT2D eigenvalue weighted by Crippen LogP contribution is -2.25. The molecule has 88 valence electrons. The number of nitrogens with two attached hydrogens (primary N) is 1. The van der Waals surface area contributed by atoms with Crippen LogP contribution in [0.2, 0.25) is 0 Å². The van der Waals surface area contributed by atoms with Gasteiger partial charge in [0.2, 0.25) is 0 Å². The van der Waals surface area contributed by atoms with Gasteiger partial charge in [-0.15, -0.1) is 0 Å². The van der Waals surface area contributed by atoms with Gasteiger partial charge >= 0.3 is 0 Å². The second kappa shape index (κ2) is 5.37. The lowest BCUT2D eigenvalue weighted by Gasteiger charge is -2.15. The number of hydrogen-bond donors (Lipinski definition) is 1. The van der Waals surface area contributed by atoms with Crippen LogP contribution in [0.1, 0.15) is 24.0 Å². The third-order valence-electron chi connectivity index (χ3n) is 3.18. The van der Waals surface area contributed by atoms with Gasteiger partial charge in [-0.3, -0.25) is 0 Å². The topological polar surface area (TPSA) is 55.0 Å². The second-order valence-electron chi connectivity index (χ2n) is 4.23. The molecule has 0 amide bonds. The fourth-order valence-electron chi connectivity index (χ4n) is 2.13. The molecule has 4 heteroatoms. The SMILES string of the molecule is CCN1CCc2cnc(CCN)nc2CC1. The summed E-state index contributed by atoms with van der Waals surface area (Å²) < 4.78 is 0. The summed E-state index contributed by atoms with van der Waals surface area (Å²) in [6, 6.07) is 0. The highest BCUT2D eigenvalue weighted by Crippen LogP contribution is 2.13. The maximum absolute atomic E-state index is 5.52. The van der Waals surface area contributed by atoms with Crippen LogP contribution in [0.15, 0.2) is 6.20 Å². The van der Waals surface area contributed by atoms with Crippen LogP contribution in [0.25, 0.3) is 0 Å². The summed E-state index contributed by atoms with van der Waals surface area (Å²) in [6.45, 7) is 6.20. The van der Waals surface area contributed by atoms with E-state index in [1.54, 1.807) is 0 Å². The van der Waals surface area contributed by atoms with E-state index in [1.165, 1.54) is 11.3 Å². The Hall–Kier alpha value is -1.00. The Bertz CT molecular complexity index is 351.